The molecule has 3 aromatic heterocycles. The molecule has 0 spiro atoms. The van der Waals surface area contributed by atoms with Gasteiger partial charge < -0.3 is 0 Å². The fourth-order valence-corrected chi connectivity index (χ4v) is 3.35. The lowest BCUT2D eigenvalue weighted by molar-refractivity contribution is 1.18. The average Bonchev–Trinajstić information content (AvgIpc) is 2.62. The van der Waals surface area contributed by atoms with Gasteiger partial charge in [0.25, 0.3) is 0 Å². The lowest BCUT2D eigenvalue weighted by Crippen LogP contribution is -1.93. The first-order chi connectivity index (χ1) is 11.3. The van der Waals surface area contributed by atoms with Gasteiger partial charge in [0.1, 0.15) is 0 Å². The quantitative estimate of drug-likeness (QED) is 0.609. The molecule has 0 bridgehead atoms. The molecule has 23 heavy (non-hydrogen) atoms. The molecular formula is C18H17N3S2. The second-order valence-corrected chi connectivity index (χ2v) is 7.02. The smallest absolute Gasteiger partial charge is 0.0905 e. The maximum Gasteiger partial charge on any atom is 0.0905 e. The maximum atomic E-state index is 4.78. The molecular weight excluding hydrogens is 322 g/mol. The Morgan fingerprint density at radius 3 is 2.26 bits per heavy atom. The number of aromatic nitrogens is 3. The molecule has 0 atom stereocenters. The molecule has 0 N–H and O–H groups in total. The lowest BCUT2D eigenvalue weighted by Gasteiger charge is -2.08. The van der Waals surface area contributed by atoms with Crippen LogP contribution in [0.15, 0.2) is 64.6 Å². The molecule has 5 heteroatoms. The van der Waals surface area contributed by atoms with E-state index in [0.717, 1.165) is 33.4 Å². The number of nitrogens with zero attached hydrogens (tertiary/aromatic N) is 3. The molecule has 0 fully saturated rings. The Morgan fingerprint density at radius 2 is 1.57 bits per heavy atom. The van der Waals surface area contributed by atoms with Crippen LogP contribution in [0.4, 0.5) is 0 Å². The summed E-state index contributed by atoms with van der Waals surface area (Å²) in [6.07, 6.45) is 5.71. The second-order valence-electron chi connectivity index (χ2n) is 4.80. The van der Waals surface area contributed by atoms with Gasteiger partial charge in [0.05, 0.1) is 22.8 Å². The summed E-state index contributed by atoms with van der Waals surface area (Å²) in [7, 11) is 0. The van der Waals surface area contributed by atoms with Crippen LogP contribution >= 0.6 is 23.5 Å². The first-order valence-corrected chi connectivity index (χ1v) is 9.58. The fraction of sp³-hybridized carbons (Fsp3) is 0.167. The van der Waals surface area contributed by atoms with Crippen LogP contribution in [0.5, 0.6) is 0 Å². The molecule has 3 nitrogen and oxygen atoms in total. The van der Waals surface area contributed by atoms with Crippen LogP contribution in [-0.4, -0.2) is 27.0 Å². The van der Waals surface area contributed by atoms with Crippen LogP contribution in [0, 0.1) is 0 Å². The van der Waals surface area contributed by atoms with Gasteiger partial charge in [0.2, 0.25) is 0 Å². The predicted molar refractivity (Wildman–Crippen MR) is 98.9 cm³/mol. The normalized spacial score (nSPS) is 10.7. The van der Waals surface area contributed by atoms with E-state index < -0.39 is 0 Å². The van der Waals surface area contributed by atoms with E-state index in [-0.39, 0.29) is 0 Å². The van der Waals surface area contributed by atoms with Crippen molar-refractivity contribution in [2.75, 3.05) is 12.0 Å². The zero-order valence-corrected chi connectivity index (χ0v) is 14.7. The second kappa shape index (κ2) is 7.62. The van der Waals surface area contributed by atoms with E-state index in [1.54, 1.807) is 18.0 Å². The van der Waals surface area contributed by atoms with Gasteiger partial charge in [-0.15, -0.1) is 23.5 Å². The number of rotatable bonds is 5. The topological polar surface area (TPSA) is 38.7 Å². The highest BCUT2D eigenvalue weighted by Crippen LogP contribution is 2.28. The van der Waals surface area contributed by atoms with Crippen LogP contribution in [0.3, 0.4) is 0 Å². The van der Waals surface area contributed by atoms with Crippen molar-refractivity contribution in [1.82, 2.24) is 15.0 Å². The summed E-state index contributed by atoms with van der Waals surface area (Å²) in [6.45, 7) is 2.15. The highest BCUT2D eigenvalue weighted by molar-refractivity contribution is 7.99. The first kappa shape index (κ1) is 16.0. The highest BCUT2D eigenvalue weighted by Gasteiger charge is 2.09. The van der Waals surface area contributed by atoms with Crippen LogP contribution in [0.25, 0.3) is 22.8 Å². The van der Waals surface area contributed by atoms with Gasteiger partial charge in [-0.05, 0) is 48.4 Å². The van der Waals surface area contributed by atoms with Crippen LogP contribution in [0.2, 0.25) is 0 Å². The predicted octanol–water partition coefficient (Wildman–Crippen LogP) is 5.04. The molecule has 0 aliphatic rings. The first-order valence-electron chi connectivity index (χ1n) is 7.37. The van der Waals surface area contributed by atoms with Gasteiger partial charge in [-0.25, -0.2) is 4.98 Å². The van der Waals surface area contributed by atoms with Crippen molar-refractivity contribution >= 4 is 23.5 Å². The number of pyridine rings is 3. The number of thioether (sulfide) groups is 2. The largest absolute Gasteiger partial charge is 0.255 e. The summed E-state index contributed by atoms with van der Waals surface area (Å²) in [4.78, 5) is 16.1. The van der Waals surface area contributed by atoms with Crippen LogP contribution < -0.4 is 0 Å². The zero-order valence-electron chi connectivity index (χ0n) is 13.1. The minimum absolute atomic E-state index is 0.878. The third-order valence-corrected chi connectivity index (χ3v) is 4.85. The van der Waals surface area contributed by atoms with Gasteiger partial charge in [0, 0.05) is 22.2 Å². The van der Waals surface area contributed by atoms with E-state index in [0.29, 0.717) is 0 Å². The van der Waals surface area contributed by atoms with Crippen molar-refractivity contribution in [3.05, 3.63) is 54.9 Å². The molecule has 3 rings (SSSR count). The van der Waals surface area contributed by atoms with Crippen LogP contribution in [-0.2, 0) is 0 Å². The Labute approximate surface area is 145 Å². The van der Waals surface area contributed by atoms with Gasteiger partial charge >= 0.3 is 0 Å². The molecule has 116 valence electrons. The molecule has 0 aliphatic heterocycles. The standard InChI is InChI=1S/C18H17N3S2/c1-3-23-13-7-9-20-16(10-13)18-12-14(22-2)11-17(21-18)15-6-4-5-8-19-15/h4-12H,3H2,1-2H3. The Morgan fingerprint density at radius 1 is 0.826 bits per heavy atom. The molecule has 0 amide bonds. The van der Waals surface area contributed by atoms with E-state index in [4.69, 9.17) is 4.98 Å². The van der Waals surface area contributed by atoms with Crippen molar-refractivity contribution in [2.24, 2.45) is 0 Å². The Kier molecular flexibility index (Phi) is 5.31. The summed E-state index contributed by atoms with van der Waals surface area (Å²) >= 11 is 3.51. The minimum atomic E-state index is 0.878. The van der Waals surface area contributed by atoms with E-state index in [1.807, 2.05) is 42.2 Å². The van der Waals surface area contributed by atoms with Crippen molar-refractivity contribution in [3.63, 3.8) is 0 Å². The molecule has 0 unspecified atom stereocenters. The van der Waals surface area contributed by atoms with Crippen molar-refractivity contribution in [2.45, 2.75) is 16.7 Å². The molecule has 0 saturated carbocycles. The molecule has 3 heterocycles. The monoisotopic (exact) mass is 339 g/mol. The van der Waals surface area contributed by atoms with Crippen LogP contribution in [0.1, 0.15) is 6.92 Å². The zero-order chi connectivity index (χ0) is 16.1. The van der Waals surface area contributed by atoms with E-state index in [2.05, 4.69) is 41.3 Å². The van der Waals surface area contributed by atoms with E-state index >= 15 is 0 Å². The van der Waals surface area contributed by atoms with Crippen molar-refractivity contribution in [3.8, 4) is 22.8 Å². The Hall–Kier alpha value is -1.85. The molecule has 0 aromatic carbocycles. The van der Waals surface area contributed by atoms with Gasteiger partial charge in [0.15, 0.2) is 0 Å². The third-order valence-electron chi connectivity index (χ3n) is 3.27. The molecule has 0 aliphatic carbocycles. The summed E-state index contributed by atoms with van der Waals surface area (Å²) in [5.74, 6) is 1.04. The third kappa shape index (κ3) is 3.92. The highest BCUT2D eigenvalue weighted by atomic mass is 32.2. The summed E-state index contributed by atoms with van der Waals surface area (Å²) < 4.78 is 0. The maximum absolute atomic E-state index is 4.78. The van der Waals surface area contributed by atoms with E-state index in [9.17, 15) is 0 Å². The van der Waals surface area contributed by atoms with Crippen molar-refractivity contribution < 1.29 is 0 Å². The molecule has 0 radical (unpaired) electrons. The lowest BCUT2D eigenvalue weighted by atomic mass is 10.2. The van der Waals surface area contributed by atoms with Crippen molar-refractivity contribution in [1.29, 1.82) is 0 Å². The number of hydrogen-bond acceptors (Lipinski definition) is 5. The average molecular weight is 339 g/mol. The van der Waals surface area contributed by atoms with Gasteiger partial charge in [-0.2, -0.15) is 0 Å². The minimum Gasteiger partial charge on any atom is -0.255 e. The Bertz CT molecular complexity index is 791. The van der Waals surface area contributed by atoms with Gasteiger partial charge in [-0.3, -0.25) is 9.97 Å². The van der Waals surface area contributed by atoms with E-state index in [1.165, 1.54) is 4.90 Å². The summed E-state index contributed by atoms with van der Waals surface area (Å²) in [5.41, 5.74) is 3.54. The Balaban J connectivity index is 2.07. The number of hydrogen-bond donors (Lipinski definition) is 0. The fourth-order valence-electron chi connectivity index (χ4n) is 2.21. The summed E-state index contributed by atoms with van der Waals surface area (Å²) in [6, 6.07) is 14.2. The van der Waals surface area contributed by atoms with Gasteiger partial charge in [-0.1, -0.05) is 13.0 Å². The SMILES string of the molecule is CCSc1ccnc(-c2cc(SC)cc(-c3ccccn3)n2)c1. The summed E-state index contributed by atoms with van der Waals surface area (Å²) in [5, 5.41) is 0. The molecule has 3 aromatic rings. The molecule has 0 saturated heterocycles.